The van der Waals surface area contributed by atoms with Crippen LogP contribution in [0, 0.1) is 5.41 Å². The Morgan fingerprint density at radius 2 is 1.92 bits per heavy atom. The number of nitrogens with one attached hydrogen (secondary N) is 2. The first-order valence-electron chi connectivity index (χ1n) is 8.72. The van der Waals surface area contributed by atoms with Gasteiger partial charge in [-0.1, -0.05) is 13.8 Å². The Labute approximate surface area is 168 Å². The van der Waals surface area contributed by atoms with E-state index in [1.54, 1.807) is 26.1 Å². The molecule has 0 aromatic heterocycles. The highest BCUT2D eigenvalue weighted by molar-refractivity contribution is 14.0. The summed E-state index contributed by atoms with van der Waals surface area (Å²) >= 11 is 0. The summed E-state index contributed by atoms with van der Waals surface area (Å²) in [5.41, 5.74) is 0.0401. The van der Waals surface area contributed by atoms with Crippen molar-refractivity contribution in [3.05, 3.63) is 0 Å². The molecule has 0 bridgehead atoms. The van der Waals surface area contributed by atoms with Crippen molar-refractivity contribution in [1.82, 2.24) is 15.5 Å². The molecule has 0 spiro atoms. The van der Waals surface area contributed by atoms with Gasteiger partial charge in [0.05, 0.1) is 6.10 Å². The van der Waals surface area contributed by atoms with E-state index in [1.807, 2.05) is 0 Å². The molecule has 2 fully saturated rings. The van der Waals surface area contributed by atoms with E-state index in [2.05, 4.69) is 29.5 Å². The van der Waals surface area contributed by atoms with Gasteiger partial charge in [-0.3, -0.25) is 4.79 Å². The number of halogens is 1. The quantitative estimate of drug-likeness (QED) is 0.361. The summed E-state index contributed by atoms with van der Waals surface area (Å²) in [6, 6.07) is 0.615. The molecule has 1 aliphatic carbocycles. The standard InChI is InChI=1S/C17H32N4O3.HI/c1-17(2)13(10-14(17)23-5)20-16(18-11-15(22)21(3)4)19-12-6-8-24-9-7-12;/h12-14H,6-11H2,1-5H3,(H2,18,19,20);1H. The minimum Gasteiger partial charge on any atom is -0.381 e. The second-order valence-electron chi connectivity index (χ2n) is 7.46. The molecule has 1 amide bonds. The molecule has 1 saturated carbocycles. The molecule has 1 aliphatic heterocycles. The number of likely N-dealkylation sites (N-methyl/N-ethyl adjacent to an activating group) is 1. The number of guanidine groups is 1. The van der Waals surface area contributed by atoms with E-state index < -0.39 is 0 Å². The van der Waals surface area contributed by atoms with Crippen LogP contribution >= 0.6 is 24.0 Å². The maximum Gasteiger partial charge on any atom is 0.243 e. The highest BCUT2D eigenvalue weighted by Gasteiger charge is 2.49. The molecule has 146 valence electrons. The number of hydrogen-bond donors (Lipinski definition) is 2. The van der Waals surface area contributed by atoms with Crippen LogP contribution in [0.3, 0.4) is 0 Å². The van der Waals surface area contributed by atoms with Crippen LogP contribution in [0.5, 0.6) is 0 Å². The van der Waals surface area contributed by atoms with Crippen molar-refractivity contribution in [1.29, 1.82) is 0 Å². The zero-order valence-electron chi connectivity index (χ0n) is 16.0. The van der Waals surface area contributed by atoms with Crippen LogP contribution in [0.25, 0.3) is 0 Å². The average molecular weight is 468 g/mol. The first kappa shape index (κ1) is 22.4. The Kier molecular flexibility index (Phi) is 8.90. The van der Waals surface area contributed by atoms with E-state index in [0.29, 0.717) is 12.0 Å². The SMILES string of the molecule is COC1CC(NC(=NCC(=O)N(C)C)NC2CCOCC2)C1(C)C.I. The summed E-state index contributed by atoms with van der Waals surface area (Å²) in [6.45, 7) is 6.07. The summed E-state index contributed by atoms with van der Waals surface area (Å²) in [5.74, 6) is 0.704. The van der Waals surface area contributed by atoms with Crippen molar-refractivity contribution in [2.45, 2.75) is 51.3 Å². The van der Waals surface area contributed by atoms with Gasteiger partial charge in [0.15, 0.2) is 5.96 Å². The number of hydrogen-bond acceptors (Lipinski definition) is 4. The van der Waals surface area contributed by atoms with E-state index in [4.69, 9.17) is 9.47 Å². The minimum absolute atomic E-state index is 0. The first-order chi connectivity index (χ1) is 11.3. The molecule has 2 atom stereocenters. The van der Waals surface area contributed by atoms with Crippen molar-refractivity contribution in [2.24, 2.45) is 10.4 Å². The number of carbonyl (C=O) groups excluding carboxylic acids is 1. The van der Waals surface area contributed by atoms with Gasteiger partial charge in [0, 0.05) is 51.9 Å². The summed E-state index contributed by atoms with van der Waals surface area (Å²) in [4.78, 5) is 17.9. The number of nitrogens with zero attached hydrogens (tertiary/aromatic N) is 2. The van der Waals surface area contributed by atoms with Crippen LogP contribution in [0.4, 0.5) is 0 Å². The van der Waals surface area contributed by atoms with Crippen LogP contribution < -0.4 is 10.6 Å². The van der Waals surface area contributed by atoms with Gasteiger partial charge in [-0.15, -0.1) is 24.0 Å². The molecule has 0 aromatic rings. The van der Waals surface area contributed by atoms with Gasteiger partial charge < -0.3 is 25.0 Å². The fourth-order valence-corrected chi connectivity index (χ4v) is 3.15. The van der Waals surface area contributed by atoms with Gasteiger partial charge in [-0.25, -0.2) is 4.99 Å². The Morgan fingerprint density at radius 3 is 2.44 bits per heavy atom. The molecule has 2 unspecified atom stereocenters. The van der Waals surface area contributed by atoms with Crippen molar-refractivity contribution in [3.8, 4) is 0 Å². The predicted octanol–water partition coefficient (Wildman–Crippen LogP) is 1.22. The lowest BCUT2D eigenvalue weighted by molar-refractivity contribution is -0.127. The zero-order valence-corrected chi connectivity index (χ0v) is 18.3. The van der Waals surface area contributed by atoms with Crippen molar-refractivity contribution >= 4 is 35.8 Å². The van der Waals surface area contributed by atoms with Crippen molar-refractivity contribution < 1.29 is 14.3 Å². The lowest BCUT2D eigenvalue weighted by Crippen LogP contribution is -2.64. The summed E-state index contributed by atoms with van der Waals surface area (Å²) in [6.07, 6.45) is 3.11. The minimum atomic E-state index is -0.00860. The van der Waals surface area contributed by atoms with Gasteiger partial charge in [0.1, 0.15) is 6.54 Å². The Bertz CT molecular complexity index is 465. The van der Waals surface area contributed by atoms with Gasteiger partial charge in [-0.2, -0.15) is 0 Å². The van der Waals surface area contributed by atoms with E-state index in [0.717, 1.165) is 32.5 Å². The number of methoxy groups -OCH3 is 1. The number of carbonyl (C=O) groups is 1. The lowest BCUT2D eigenvalue weighted by Gasteiger charge is -2.51. The van der Waals surface area contributed by atoms with Crippen LogP contribution in [0.15, 0.2) is 4.99 Å². The molecule has 25 heavy (non-hydrogen) atoms. The number of aliphatic imine (C=N–C) groups is 1. The maximum atomic E-state index is 11.9. The van der Waals surface area contributed by atoms with Crippen LogP contribution in [-0.2, 0) is 14.3 Å². The van der Waals surface area contributed by atoms with Crippen molar-refractivity contribution in [2.75, 3.05) is 41.0 Å². The topological polar surface area (TPSA) is 75.2 Å². The lowest BCUT2D eigenvalue weighted by atomic mass is 9.64. The van der Waals surface area contributed by atoms with Gasteiger partial charge in [0.25, 0.3) is 0 Å². The monoisotopic (exact) mass is 468 g/mol. The summed E-state index contributed by atoms with van der Waals surface area (Å²) in [5, 5.41) is 6.96. The zero-order chi connectivity index (χ0) is 17.7. The average Bonchev–Trinajstić information content (AvgIpc) is 2.56. The van der Waals surface area contributed by atoms with E-state index in [9.17, 15) is 4.79 Å². The fraction of sp³-hybridized carbons (Fsp3) is 0.882. The molecule has 8 heteroatoms. The third-order valence-electron chi connectivity index (χ3n) is 5.21. The molecular formula is C17H33IN4O3. The molecule has 2 aliphatic rings. The van der Waals surface area contributed by atoms with E-state index in [1.165, 1.54) is 0 Å². The highest BCUT2D eigenvalue weighted by Crippen LogP contribution is 2.42. The van der Waals surface area contributed by atoms with Crippen LogP contribution in [0.2, 0.25) is 0 Å². The molecule has 7 nitrogen and oxygen atoms in total. The summed E-state index contributed by atoms with van der Waals surface area (Å²) in [7, 11) is 5.25. The van der Waals surface area contributed by atoms with E-state index >= 15 is 0 Å². The number of ether oxygens (including phenoxy) is 2. The van der Waals surface area contributed by atoms with Gasteiger partial charge in [0.2, 0.25) is 5.91 Å². The number of amides is 1. The van der Waals surface area contributed by atoms with E-state index in [-0.39, 0.29) is 54.0 Å². The van der Waals surface area contributed by atoms with Gasteiger partial charge in [-0.05, 0) is 19.3 Å². The largest absolute Gasteiger partial charge is 0.381 e. The molecule has 0 aromatic carbocycles. The Hall–Kier alpha value is -0.610. The Morgan fingerprint density at radius 1 is 1.28 bits per heavy atom. The fourth-order valence-electron chi connectivity index (χ4n) is 3.15. The third kappa shape index (κ3) is 5.96. The van der Waals surface area contributed by atoms with Gasteiger partial charge >= 0.3 is 0 Å². The smallest absolute Gasteiger partial charge is 0.243 e. The normalized spacial score (nSPS) is 26.2. The summed E-state index contributed by atoms with van der Waals surface area (Å²) < 4.78 is 10.9. The molecule has 0 radical (unpaired) electrons. The predicted molar refractivity (Wildman–Crippen MR) is 110 cm³/mol. The molecule has 2 rings (SSSR count). The highest BCUT2D eigenvalue weighted by atomic mass is 127. The maximum absolute atomic E-state index is 11.9. The van der Waals surface area contributed by atoms with Crippen LogP contribution in [0.1, 0.15) is 33.1 Å². The van der Waals surface area contributed by atoms with Crippen molar-refractivity contribution in [3.63, 3.8) is 0 Å². The molecule has 1 heterocycles. The Balaban J connectivity index is 0.00000312. The second kappa shape index (κ2) is 9.91. The number of rotatable bonds is 5. The molecule has 2 N–H and O–H groups in total. The molecule has 1 saturated heterocycles. The first-order valence-corrected chi connectivity index (χ1v) is 8.72. The molecular weight excluding hydrogens is 435 g/mol. The third-order valence-corrected chi connectivity index (χ3v) is 5.21. The second-order valence-corrected chi connectivity index (χ2v) is 7.46. The van der Waals surface area contributed by atoms with Crippen LogP contribution in [-0.4, -0.2) is 75.9 Å².